The third kappa shape index (κ3) is 4.09. The molecule has 0 aliphatic rings. The van der Waals surface area contributed by atoms with Crippen LogP contribution in [0.2, 0.25) is 0 Å². The first-order valence-electron chi connectivity index (χ1n) is 6.14. The van der Waals surface area contributed by atoms with Gasteiger partial charge in [0.25, 0.3) is 0 Å². The minimum absolute atomic E-state index is 0.00443. The summed E-state index contributed by atoms with van der Waals surface area (Å²) in [5.74, 6) is -0.215. The van der Waals surface area contributed by atoms with Gasteiger partial charge in [0.1, 0.15) is 5.82 Å². The van der Waals surface area contributed by atoms with E-state index in [1.54, 1.807) is 24.1 Å². The second kappa shape index (κ2) is 6.88. The first-order chi connectivity index (χ1) is 8.45. The molecule has 0 aliphatic carbocycles. The predicted molar refractivity (Wildman–Crippen MR) is 74.6 cm³/mol. The summed E-state index contributed by atoms with van der Waals surface area (Å²) in [5, 5.41) is 0. The number of hydrogen-bond acceptors (Lipinski definition) is 1. The van der Waals surface area contributed by atoms with Gasteiger partial charge in [-0.15, -0.1) is 0 Å². The van der Waals surface area contributed by atoms with Gasteiger partial charge in [0, 0.05) is 29.5 Å². The first-order valence-corrected chi connectivity index (χ1v) is 6.94. The van der Waals surface area contributed by atoms with E-state index in [2.05, 4.69) is 22.9 Å². The van der Waals surface area contributed by atoms with Gasteiger partial charge < -0.3 is 4.90 Å². The number of nitrogens with zero attached hydrogens (tertiary/aromatic N) is 1. The monoisotopic (exact) mass is 315 g/mol. The van der Waals surface area contributed by atoms with Crippen molar-refractivity contribution in [2.24, 2.45) is 5.92 Å². The number of rotatable bonds is 5. The average Bonchev–Trinajstić information content (AvgIpc) is 2.33. The van der Waals surface area contributed by atoms with Crippen LogP contribution in [-0.2, 0) is 11.3 Å². The van der Waals surface area contributed by atoms with Crippen LogP contribution >= 0.6 is 15.9 Å². The maximum absolute atomic E-state index is 13.6. The Balaban J connectivity index is 2.72. The van der Waals surface area contributed by atoms with Crippen LogP contribution in [0.1, 0.15) is 32.3 Å². The Hall–Kier alpha value is -0.900. The van der Waals surface area contributed by atoms with Gasteiger partial charge in [-0.25, -0.2) is 4.39 Å². The summed E-state index contributed by atoms with van der Waals surface area (Å²) in [6.45, 7) is 4.27. The largest absolute Gasteiger partial charge is 0.341 e. The van der Waals surface area contributed by atoms with Gasteiger partial charge in [-0.3, -0.25) is 4.79 Å². The molecule has 1 unspecified atom stereocenters. The highest BCUT2D eigenvalue weighted by molar-refractivity contribution is 9.10. The van der Waals surface area contributed by atoms with Gasteiger partial charge in [0.05, 0.1) is 0 Å². The SMILES string of the molecule is CCCC(C)C(=O)N(C)Cc1cc(Br)ccc1F. The molecule has 0 N–H and O–H groups in total. The molecule has 1 rings (SSSR count). The zero-order valence-corrected chi connectivity index (χ0v) is 12.6. The van der Waals surface area contributed by atoms with Crippen molar-refractivity contribution in [3.8, 4) is 0 Å². The van der Waals surface area contributed by atoms with Crippen LogP contribution in [-0.4, -0.2) is 17.9 Å². The van der Waals surface area contributed by atoms with Gasteiger partial charge in [0.15, 0.2) is 0 Å². The highest BCUT2D eigenvalue weighted by Gasteiger charge is 2.17. The second-order valence-corrected chi connectivity index (χ2v) is 5.54. The molecule has 1 aromatic rings. The Morgan fingerprint density at radius 2 is 2.17 bits per heavy atom. The van der Waals surface area contributed by atoms with E-state index in [0.29, 0.717) is 12.1 Å². The molecule has 4 heteroatoms. The third-order valence-corrected chi connectivity index (χ3v) is 3.43. The molecule has 0 bridgehead atoms. The van der Waals surface area contributed by atoms with Crippen molar-refractivity contribution in [1.82, 2.24) is 4.90 Å². The quantitative estimate of drug-likeness (QED) is 0.804. The van der Waals surface area contributed by atoms with E-state index in [0.717, 1.165) is 17.3 Å². The van der Waals surface area contributed by atoms with E-state index < -0.39 is 0 Å². The van der Waals surface area contributed by atoms with Gasteiger partial charge >= 0.3 is 0 Å². The van der Waals surface area contributed by atoms with E-state index in [1.165, 1.54) is 6.07 Å². The lowest BCUT2D eigenvalue weighted by molar-refractivity contribution is -0.134. The molecular formula is C14H19BrFNO. The van der Waals surface area contributed by atoms with Gasteiger partial charge in [-0.1, -0.05) is 36.2 Å². The van der Waals surface area contributed by atoms with Crippen molar-refractivity contribution in [1.29, 1.82) is 0 Å². The fraction of sp³-hybridized carbons (Fsp3) is 0.500. The van der Waals surface area contributed by atoms with Crippen LogP contribution in [0.5, 0.6) is 0 Å². The molecule has 0 aliphatic heterocycles. The minimum atomic E-state index is -0.277. The molecule has 0 aromatic heterocycles. The topological polar surface area (TPSA) is 20.3 Å². The number of halogens is 2. The van der Waals surface area contributed by atoms with Gasteiger partial charge in [-0.05, 0) is 24.6 Å². The van der Waals surface area contributed by atoms with Crippen LogP contribution in [0.25, 0.3) is 0 Å². The first kappa shape index (κ1) is 15.2. The number of carbonyl (C=O) groups excluding carboxylic acids is 1. The fourth-order valence-corrected chi connectivity index (χ4v) is 2.34. The zero-order valence-electron chi connectivity index (χ0n) is 11.0. The van der Waals surface area contributed by atoms with Crippen LogP contribution < -0.4 is 0 Å². The molecule has 0 saturated carbocycles. The van der Waals surface area contributed by atoms with Crippen LogP contribution in [0, 0.1) is 11.7 Å². The van der Waals surface area contributed by atoms with Gasteiger partial charge in [0.2, 0.25) is 5.91 Å². The molecule has 1 aromatic carbocycles. The molecule has 1 amide bonds. The lowest BCUT2D eigenvalue weighted by Crippen LogP contribution is -2.31. The molecule has 0 radical (unpaired) electrons. The second-order valence-electron chi connectivity index (χ2n) is 4.62. The highest BCUT2D eigenvalue weighted by Crippen LogP contribution is 2.18. The summed E-state index contributed by atoms with van der Waals surface area (Å²) >= 11 is 3.31. The third-order valence-electron chi connectivity index (χ3n) is 2.93. The number of hydrogen-bond donors (Lipinski definition) is 0. The zero-order chi connectivity index (χ0) is 13.7. The molecule has 2 nitrogen and oxygen atoms in total. The molecule has 0 spiro atoms. The van der Waals surface area contributed by atoms with Crippen molar-refractivity contribution in [3.05, 3.63) is 34.1 Å². The van der Waals surface area contributed by atoms with Crippen LogP contribution in [0.3, 0.4) is 0 Å². The Bertz CT molecular complexity index is 422. The van der Waals surface area contributed by atoms with E-state index in [9.17, 15) is 9.18 Å². The minimum Gasteiger partial charge on any atom is -0.341 e. The van der Waals surface area contributed by atoms with E-state index >= 15 is 0 Å². The normalized spacial score (nSPS) is 12.3. The number of carbonyl (C=O) groups is 1. The van der Waals surface area contributed by atoms with Crippen LogP contribution in [0.4, 0.5) is 4.39 Å². The standard InChI is InChI=1S/C14H19BrFNO/c1-4-5-10(2)14(18)17(3)9-11-8-12(15)6-7-13(11)16/h6-8,10H,4-5,9H2,1-3H3. The van der Waals surface area contributed by atoms with Crippen molar-refractivity contribution >= 4 is 21.8 Å². The van der Waals surface area contributed by atoms with E-state index in [4.69, 9.17) is 0 Å². The maximum atomic E-state index is 13.6. The molecule has 1 atom stereocenters. The summed E-state index contributed by atoms with van der Waals surface area (Å²) in [7, 11) is 1.72. The van der Waals surface area contributed by atoms with Crippen molar-refractivity contribution in [3.63, 3.8) is 0 Å². The molecule has 100 valence electrons. The Morgan fingerprint density at radius 1 is 1.50 bits per heavy atom. The Morgan fingerprint density at radius 3 is 2.78 bits per heavy atom. The summed E-state index contributed by atoms with van der Waals surface area (Å²) in [4.78, 5) is 13.6. The summed E-state index contributed by atoms with van der Waals surface area (Å²) < 4.78 is 14.4. The summed E-state index contributed by atoms with van der Waals surface area (Å²) in [6, 6.07) is 4.77. The Labute approximate surface area is 116 Å². The van der Waals surface area contributed by atoms with Crippen molar-refractivity contribution in [2.45, 2.75) is 33.2 Å². The fourth-order valence-electron chi connectivity index (χ4n) is 1.93. The average molecular weight is 316 g/mol. The number of amides is 1. The maximum Gasteiger partial charge on any atom is 0.225 e. The molecular weight excluding hydrogens is 297 g/mol. The molecule has 18 heavy (non-hydrogen) atoms. The molecule has 0 heterocycles. The van der Waals surface area contributed by atoms with Crippen molar-refractivity contribution < 1.29 is 9.18 Å². The summed E-state index contributed by atoms with van der Waals surface area (Å²) in [6.07, 6.45) is 1.84. The summed E-state index contributed by atoms with van der Waals surface area (Å²) in [5.41, 5.74) is 0.531. The Kier molecular flexibility index (Phi) is 5.79. The van der Waals surface area contributed by atoms with E-state index in [-0.39, 0.29) is 17.6 Å². The lowest BCUT2D eigenvalue weighted by atomic mass is 10.0. The number of benzene rings is 1. The molecule has 0 saturated heterocycles. The molecule has 0 fully saturated rings. The van der Waals surface area contributed by atoms with Crippen LogP contribution in [0.15, 0.2) is 22.7 Å². The van der Waals surface area contributed by atoms with Gasteiger partial charge in [-0.2, -0.15) is 0 Å². The van der Waals surface area contributed by atoms with Crippen molar-refractivity contribution in [2.75, 3.05) is 7.05 Å². The highest BCUT2D eigenvalue weighted by atomic mass is 79.9. The smallest absolute Gasteiger partial charge is 0.225 e. The van der Waals surface area contributed by atoms with E-state index in [1.807, 2.05) is 6.92 Å². The predicted octanol–water partition coefficient (Wildman–Crippen LogP) is 3.98. The lowest BCUT2D eigenvalue weighted by Gasteiger charge is -2.21.